The number of aromatic nitrogens is 2. The second-order valence-corrected chi connectivity index (χ2v) is 5.74. The second-order valence-electron chi connectivity index (χ2n) is 5.74. The van der Waals surface area contributed by atoms with Gasteiger partial charge in [-0.25, -0.2) is 4.63 Å². The SMILES string of the molecule is O=[N+]([O-])c1ccc(N2C3CCC2CC(O)C3)c2nonc12. The van der Waals surface area contributed by atoms with Gasteiger partial charge in [0.25, 0.3) is 0 Å². The van der Waals surface area contributed by atoms with Crippen LogP contribution in [0.1, 0.15) is 25.7 Å². The van der Waals surface area contributed by atoms with E-state index in [1.54, 1.807) is 6.07 Å². The highest BCUT2D eigenvalue weighted by molar-refractivity contribution is 5.94. The van der Waals surface area contributed by atoms with E-state index in [-0.39, 0.29) is 29.4 Å². The Morgan fingerprint density at radius 2 is 1.90 bits per heavy atom. The molecular formula is C13H14N4O4. The Morgan fingerprint density at radius 3 is 2.57 bits per heavy atom. The fourth-order valence-corrected chi connectivity index (χ4v) is 3.74. The molecule has 2 aliphatic heterocycles. The molecule has 2 unspecified atom stereocenters. The van der Waals surface area contributed by atoms with Crippen molar-refractivity contribution < 1.29 is 14.7 Å². The van der Waals surface area contributed by atoms with Crippen molar-refractivity contribution >= 4 is 22.4 Å². The summed E-state index contributed by atoms with van der Waals surface area (Å²) in [5, 5.41) is 28.5. The molecular weight excluding hydrogens is 276 g/mol. The van der Waals surface area contributed by atoms with Gasteiger partial charge in [-0.2, -0.15) is 0 Å². The first-order chi connectivity index (χ1) is 10.1. The number of rotatable bonds is 2. The van der Waals surface area contributed by atoms with Crippen LogP contribution in [0.15, 0.2) is 16.8 Å². The molecule has 1 aromatic carbocycles. The number of aliphatic hydroxyl groups is 1. The van der Waals surface area contributed by atoms with E-state index >= 15 is 0 Å². The fraction of sp³-hybridized carbons (Fsp3) is 0.538. The lowest BCUT2D eigenvalue weighted by molar-refractivity contribution is -0.383. The van der Waals surface area contributed by atoms with Gasteiger partial charge in [-0.15, -0.1) is 0 Å². The minimum atomic E-state index is -0.481. The largest absolute Gasteiger partial charge is 0.393 e. The third-order valence-electron chi connectivity index (χ3n) is 4.56. The van der Waals surface area contributed by atoms with Crippen LogP contribution in [0, 0.1) is 10.1 Å². The van der Waals surface area contributed by atoms with Crippen molar-refractivity contribution in [1.82, 2.24) is 10.3 Å². The molecule has 21 heavy (non-hydrogen) atoms. The van der Waals surface area contributed by atoms with Gasteiger partial charge >= 0.3 is 5.69 Å². The summed E-state index contributed by atoms with van der Waals surface area (Å²) in [6.07, 6.45) is 3.22. The van der Waals surface area contributed by atoms with Crippen molar-refractivity contribution in [2.75, 3.05) is 4.90 Å². The Labute approximate surface area is 119 Å². The highest BCUT2D eigenvalue weighted by Crippen LogP contribution is 2.42. The summed E-state index contributed by atoms with van der Waals surface area (Å²) in [6.45, 7) is 0. The van der Waals surface area contributed by atoms with E-state index in [2.05, 4.69) is 15.2 Å². The lowest BCUT2D eigenvalue weighted by Gasteiger charge is -2.38. The second kappa shape index (κ2) is 4.39. The van der Waals surface area contributed by atoms with Crippen molar-refractivity contribution in [3.05, 3.63) is 22.2 Å². The number of hydrogen-bond acceptors (Lipinski definition) is 7. The molecule has 110 valence electrons. The molecule has 2 aliphatic rings. The van der Waals surface area contributed by atoms with Crippen molar-refractivity contribution in [1.29, 1.82) is 0 Å². The lowest BCUT2D eigenvalue weighted by Crippen LogP contribution is -2.44. The smallest absolute Gasteiger partial charge is 0.300 e. The molecule has 0 spiro atoms. The van der Waals surface area contributed by atoms with E-state index in [9.17, 15) is 15.2 Å². The Balaban J connectivity index is 1.83. The van der Waals surface area contributed by atoms with Gasteiger partial charge in [0.1, 0.15) is 0 Å². The molecule has 8 nitrogen and oxygen atoms in total. The van der Waals surface area contributed by atoms with Crippen molar-refractivity contribution in [2.45, 2.75) is 43.9 Å². The van der Waals surface area contributed by atoms with E-state index < -0.39 is 4.92 Å². The first-order valence-electron chi connectivity index (χ1n) is 7.01. The predicted molar refractivity (Wildman–Crippen MR) is 73.0 cm³/mol. The Morgan fingerprint density at radius 1 is 1.24 bits per heavy atom. The van der Waals surface area contributed by atoms with Crippen molar-refractivity contribution in [2.24, 2.45) is 0 Å². The van der Waals surface area contributed by atoms with E-state index in [1.807, 2.05) is 0 Å². The molecule has 2 aromatic rings. The van der Waals surface area contributed by atoms with E-state index in [0.29, 0.717) is 5.52 Å². The van der Waals surface area contributed by atoms with Crippen LogP contribution in [-0.4, -0.2) is 38.5 Å². The summed E-state index contributed by atoms with van der Waals surface area (Å²) >= 11 is 0. The zero-order valence-corrected chi connectivity index (χ0v) is 11.2. The molecule has 2 fully saturated rings. The Hall–Kier alpha value is -2.22. The number of non-ortho nitro benzene ring substituents is 1. The minimum absolute atomic E-state index is 0.0978. The normalized spacial score (nSPS) is 28.2. The van der Waals surface area contributed by atoms with Gasteiger partial charge in [0.15, 0.2) is 5.52 Å². The standard InChI is InChI=1S/C13H14N4O4/c18-9-5-7-1-2-8(6-9)16(7)10-3-4-11(17(19)20)13-12(10)14-21-15-13/h3-4,7-9,18H,1-2,5-6H2. The summed E-state index contributed by atoms with van der Waals surface area (Å²) in [5.41, 5.74) is 1.33. The van der Waals surface area contributed by atoms with Crippen LogP contribution >= 0.6 is 0 Å². The zero-order valence-electron chi connectivity index (χ0n) is 11.2. The molecule has 0 amide bonds. The van der Waals surface area contributed by atoms with Crippen LogP contribution in [0.25, 0.3) is 11.0 Å². The maximum Gasteiger partial charge on any atom is 0.300 e. The quantitative estimate of drug-likeness (QED) is 0.661. The fourth-order valence-electron chi connectivity index (χ4n) is 3.74. The molecule has 0 saturated carbocycles. The van der Waals surface area contributed by atoms with Crippen molar-refractivity contribution in [3.8, 4) is 0 Å². The maximum atomic E-state index is 11.0. The number of nitrogens with zero attached hydrogens (tertiary/aromatic N) is 4. The van der Waals surface area contributed by atoms with Gasteiger partial charge in [-0.1, -0.05) is 0 Å². The van der Waals surface area contributed by atoms with Gasteiger partial charge in [0.05, 0.1) is 16.7 Å². The summed E-state index contributed by atoms with van der Waals surface area (Å²) in [4.78, 5) is 12.8. The topological polar surface area (TPSA) is 106 Å². The summed E-state index contributed by atoms with van der Waals surface area (Å²) in [5.74, 6) is 0. The third-order valence-corrected chi connectivity index (χ3v) is 4.56. The molecule has 1 N–H and O–H groups in total. The van der Waals surface area contributed by atoms with E-state index in [4.69, 9.17) is 4.63 Å². The minimum Gasteiger partial charge on any atom is -0.393 e. The number of anilines is 1. The number of hydrogen-bond donors (Lipinski definition) is 1. The summed E-state index contributed by atoms with van der Waals surface area (Å²) < 4.78 is 4.72. The molecule has 2 bridgehead atoms. The Kier molecular flexibility index (Phi) is 2.61. The monoisotopic (exact) mass is 290 g/mol. The highest BCUT2D eigenvalue weighted by atomic mass is 16.6. The average Bonchev–Trinajstić information content (AvgIpc) is 3.01. The number of fused-ring (bicyclic) bond motifs is 3. The summed E-state index contributed by atoms with van der Waals surface area (Å²) in [6, 6.07) is 3.67. The molecule has 8 heteroatoms. The van der Waals surface area contributed by atoms with Crippen LogP contribution in [-0.2, 0) is 0 Å². The third kappa shape index (κ3) is 1.79. The van der Waals surface area contributed by atoms with Crippen LogP contribution in [0.3, 0.4) is 0 Å². The average molecular weight is 290 g/mol. The van der Waals surface area contributed by atoms with Crippen LogP contribution in [0.5, 0.6) is 0 Å². The molecule has 0 radical (unpaired) electrons. The van der Waals surface area contributed by atoms with E-state index in [0.717, 1.165) is 31.4 Å². The highest BCUT2D eigenvalue weighted by Gasteiger charge is 2.41. The number of aliphatic hydroxyl groups excluding tert-OH is 1. The molecule has 2 atom stereocenters. The number of nitro benzene ring substituents is 1. The molecule has 1 aromatic heterocycles. The van der Waals surface area contributed by atoms with Gasteiger partial charge in [-0.3, -0.25) is 10.1 Å². The molecule has 2 saturated heterocycles. The number of nitro groups is 1. The van der Waals surface area contributed by atoms with Gasteiger partial charge < -0.3 is 10.0 Å². The first kappa shape index (κ1) is 12.5. The van der Waals surface area contributed by atoms with Crippen LogP contribution in [0.2, 0.25) is 0 Å². The molecule has 0 aliphatic carbocycles. The van der Waals surface area contributed by atoms with Crippen LogP contribution < -0.4 is 4.90 Å². The van der Waals surface area contributed by atoms with Crippen LogP contribution in [0.4, 0.5) is 11.4 Å². The summed E-state index contributed by atoms with van der Waals surface area (Å²) in [7, 11) is 0. The molecule has 3 heterocycles. The van der Waals surface area contributed by atoms with Crippen molar-refractivity contribution in [3.63, 3.8) is 0 Å². The van der Waals surface area contributed by atoms with Gasteiger partial charge in [0.2, 0.25) is 5.52 Å². The molecule has 4 rings (SSSR count). The Bertz CT molecular complexity index is 701. The number of piperidine rings is 1. The van der Waals surface area contributed by atoms with Gasteiger partial charge in [-0.05, 0) is 42.1 Å². The zero-order chi connectivity index (χ0) is 14.6. The maximum absolute atomic E-state index is 11.0. The van der Waals surface area contributed by atoms with E-state index in [1.165, 1.54) is 6.07 Å². The first-order valence-corrected chi connectivity index (χ1v) is 7.01. The predicted octanol–water partition coefficient (Wildman–Crippen LogP) is 1.62. The lowest BCUT2D eigenvalue weighted by atomic mass is 9.98. The van der Waals surface area contributed by atoms with Gasteiger partial charge in [0, 0.05) is 18.2 Å². The number of benzene rings is 1.